The number of thioether (sulfide) groups is 1. The van der Waals surface area contributed by atoms with Crippen molar-refractivity contribution < 1.29 is 27.5 Å². The molecule has 4 nitrogen and oxygen atoms in total. The minimum Gasteiger partial charge on any atom is -0.362 e. The number of nitrogens with zero attached hydrogens (tertiary/aromatic N) is 2. The van der Waals surface area contributed by atoms with Gasteiger partial charge in [-0.1, -0.05) is 42.5 Å². The zero-order valence-corrected chi connectivity index (χ0v) is 15.3. The maximum absolute atomic E-state index is 13.5. The van der Waals surface area contributed by atoms with Crippen LogP contribution in [0.1, 0.15) is 17.5 Å². The van der Waals surface area contributed by atoms with Gasteiger partial charge in [0.05, 0.1) is 17.9 Å². The van der Waals surface area contributed by atoms with Gasteiger partial charge in [0.2, 0.25) is 0 Å². The van der Waals surface area contributed by atoms with Crippen molar-refractivity contribution in [3.05, 3.63) is 71.5 Å². The fourth-order valence-electron chi connectivity index (χ4n) is 2.72. The molecular formula is C19H16F4N2O2S. The van der Waals surface area contributed by atoms with E-state index < -0.39 is 30.0 Å². The van der Waals surface area contributed by atoms with Crippen LogP contribution in [-0.2, 0) is 10.5 Å². The summed E-state index contributed by atoms with van der Waals surface area (Å²) in [6, 6.07) is 13.8. The second-order valence-corrected chi connectivity index (χ2v) is 7.21. The molecule has 0 aliphatic carbocycles. The van der Waals surface area contributed by atoms with E-state index in [1.54, 1.807) is 0 Å². The molecule has 0 saturated carbocycles. The van der Waals surface area contributed by atoms with Crippen LogP contribution >= 0.6 is 11.8 Å². The third-order valence-electron chi connectivity index (χ3n) is 4.19. The molecule has 1 atom stereocenters. The van der Waals surface area contributed by atoms with Crippen LogP contribution in [0.2, 0.25) is 0 Å². The number of alkyl halides is 3. The molecule has 1 N–H and O–H groups in total. The third-order valence-corrected chi connectivity index (χ3v) is 5.18. The van der Waals surface area contributed by atoms with Crippen LogP contribution in [0.4, 0.5) is 17.6 Å². The van der Waals surface area contributed by atoms with Gasteiger partial charge in [0.25, 0.3) is 11.6 Å². The van der Waals surface area contributed by atoms with Crippen molar-refractivity contribution in [3.63, 3.8) is 0 Å². The average Bonchev–Trinajstić information content (AvgIpc) is 3.02. The van der Waals surface area contributed by atoms with E-state index in [0.717, 1.165) is 29.5 Å². The lowest BCUT2D eigenvalue weighted by Gasteiger charge is -2.32. The average molecular weight is 412 g/mol. The lowest BCUT2D eigenvalue weighted by atomic mass is 10.0. The molecule has 2 aromatic rings. The molecule has 9 heteroatoms. The number of carbonyl (C=O) groups is 1. The molecule has 2 aromatic carbocycles. The van der Waals surface area contributed by atoms with Crippen LogP contribution < -0.4 is 0 Å². The number of hydrogen-bond acceptors (Lipinski definition) is 4. The molecule has 1 heterocycles. The first-order chi connectivity index (χ1) is 13.2. The van der Waals surface area contributed by atoms with E-state index in [4.69, 9.17) is 0 Å². The summed E-state index contributed by atoms with van der Waals surface area (Å²) in [5.41, 5.74) is -2.44. The molecule has 3 rings (SSSR count). The topological polar surface area (TPSA) is 52.9 Å². The van der Waals surface area contributed by atoms with Crippen molar-refractivity contribution in [2.45, 2.75) is 24.1 Å². The Kier molecular flexibility index (Phi) is 5.76. The Bertz CT molecular complexity index is 872. The standard InChI is InChI=1S/C19H16F4N2O2S/c20-15-8-6-14(7-9-15)16-10-18(27,19(21,22)23)25(24-16)17(26)12-28-11-13-4-2-1-3-5-13/h1-9,27H,10-12H2/t18-/m0/s1. The van der Waals surface area contributed by atoms with Gasteiger partial charge in [-0.15, -0.1) is 11.8 Å². The van der Waals surface area contributed by atoms with E-state index in [-0.39, 0.29) is 22.0 Å². The van der Waals surface area contributed by atoms with Crippen molar-refractivity contribution >= 4 is 23.4 Å². The van der Waals surface area contributed by atoms with E-state index in [2.05, 4.69) is 5.10 Å². The highest BCUT2D eigenvalue weighted by atomic mass is 32.2. The molecule has 28 heavy (non-hydrogen) atoms. The zero-order valence-electron chi connectivity index (χ0n) is 14.5. The number of benzene rings is 2. The van der Waals surface area contributed by atoms with Crippen molar-refractivity contribution in [2.24, 2.45) is 5.10 Å². The van der Waals surface area contributed by atoms with Crippen LogP contribution in [0.5, 0.6) is 0 Å². The van der Waals surface area contributed by atoms with Crippen molar-refractivity contribution in [2.75, 3.05) is 5.75 Å². The number of hydrogen-bond donors (Lipinski definition) is 1. The maximum atomic E-state index is 13.5. The van der Waals surface area contributed by atoms with Gasteiger partial charge in [0.1, 0.15) is 5.82 Å². The number of amides is 1. The van der Waals surface area contributed by atoms with Crippen LogP contribution in [0.3, 0.4) is 0 Å². The molecule has 0 fully saturated rings. The number of aliphatic hydroxyl groups is 1. The Hall–Kier alpha value is -2.39. The maximum Gasteiger partial charge on any atom is 0.438 e. The van der Waals surface area contributed by atoms with Gasteiger partial charge in [-0.25, -0.2) is 4.39 Å². The Balaban J connectivity index is 1.77. The van der Waals surface area contributed by atoms with Gasteiger partial charge in [0.15, 0.2) is 0 Å². The second kappa shape index (κ2) is 7.92. The first-order valence-corrected chi connectivity index (χ1v) is 9.43. The molecule has 0 radical (unpaired) electrons. The van der Waals surface area contributed by atoms with E-state index >= 15 is 0 Å². The Morgan fingerprint density at radius 2 is 1.79 bits per heavy atom. The van der Waals surface area contributed by atoms with Crippen LogP contribution in [0, 0.1) is 5.82 Å². The predicted molar refractivity (Wildman–Crippen MR) is 98.0 cm³/mol. The molecule has 1 aliphatic heterocycles. The predicted octanol–water partition coefficient (Wildman–Crippen LogP) is 3.95. The van der Waals surface area contributed by atoms with E-state index in [1.165, 1.54) is 12.1 Å². The lowest BCUT2D eigenvalue weighted by Crippen LogP contribution is -2.57. The van der Waals surface area contributed by atoms with Gasteiger partial charge in [-0.3, -0.25) is 4.79 Å². The van der Waals surface area contributed by atoms with Crippen LogP contribution in [-0.4, -0.2) is 39.4 Å². The smallest absolute Gasteiger partial charge is 0.362 e. The van der Waals surface area contributed by atoms with Gasteiger partial charge < -0.3 is 5.11 Å². The number of halogens is 4. The fourth-order valence-corrected chi connectivity index (χ4v) is 3.55. The van der Waals surface area contributed by atoms with Crippen LogP contribution in [0.15, 0.2) is 59.7 Å². The van der Waals surface area contributed by atoms with Crippen LogP contribution in [0.25, 0.3) is 0 Å². The highest BCUT2D eigenvalue weighted by Gasteiger charge is 2.63. The largest absolute Gasteiger partial charge is 0.438 e. The highest BCUT2D eigenvalue weighted by Crippen LogP contribution is 2.41. The Morgan fingerprint density at radius 3 is 2.39 bits per heavy atom. The summed E-state index contributed by atoms with van der Waals surface area (Å²) >= 11 is 1.12. The minimum atomic E-state index is -5.10. The summed E-state index contributed by atoms with van der Waals surface area (Å²) in [4.78, 5) is 12.4. The molecule has 1 amide bonds. The minimum absolute atomic E-state index is 0.101. The van der Waals surface area contributed by atoms with E-state index in [0.29, 0.717) is 5.75 Å². The van der Waals surface area contributed by atoms with E-state index in [1.807, 2.05) is 30.3 Å². The van der Waals surface area contributed by atoms with Crippen molar-refractivity contribution in [1.82, 2.24) is 5.01 Å². The molecule has 0 spiro atoms. The lowest BCUT2D eigenvalue weighted by molar-refractivity contribution is -0.301. The highest BCUT2D eigenvalue weighted by molar-refractivity contribution is 7.99. The Morgan fingerprint density at radius 1 is 1.14 bits per heavy atom. The van der Waals surface area contributed by atoms with E-state index in [9.17, 15) is 27.5 Å². The first kappa shape index (κ1) is 20.3. The molecule has 0 unspecified atom stereocenters. The molecule has 0 saturated heterocycles. The van der Waals surface area contributed by atoms with Gasteiger partial charge in [-0.2, -0.15) is 23.3 Å². The number of carbonyl (C=O) groups excluding carboxylic acids is 1. The number of hydrazone groups is 1. The molecule has 0 bridgehead atoms. The summed E-state index contributed by atoms with van der Waals surface area (Å²) in [7, 11) is 0. The van der Waals surface area contributed by atoms with Crippen molar-refractivity contribution in [3.8, 4) is 0 Å². The van der Waals surface area contributed by atoms with Crippen molar-refractivity contribution in [1.29, 1.82) is 0 Å². The molecule has 0 aromatic heterocycles. The summed E-state index contributed by atoms with van der Waals surface area (Å²) in [6.45, 7) is 0. The second-order valence-electron chi connectivity index (χ2n) is 6.23. The SMILES string of the molecule is O=C(CSCc1ccccc1)N1N=C(c2ccc(F)cc2)C[C@]1(O)C(F)(F)F. The van der Waals surface area contributed by atoms with Gasteiger partial charge >= 0.3 is 6.18 Å². The fraction of sp³-hybridized carbons (Fsp3) is 0.263. The van der Waals surface area contributed by atoms with Gasteiger partial charge in [-0.05, 0) is 23.3 Å². The summed E-state index contributed by atoms with van der Waals surface area (Å²) in [5, 5.41) is 14.1. The normalized spacial score (nSPS) is 19.6. The first-order valence-electron chi connectivity index (χ1n) is 8.28. The Labute approximate surface area is 162 Å². The quantitative estimate of drug-likeness (QED) is 0.757. The number of rotatable bonds is 5. The zero-order chi connectivity index (χ0) is 20.4. The third kappa shape index (κ3) is 4.20. The van der Waals surface area contributed by atoms with Gasteiger partial charge in [0, 0.05) is 5.75 Å². The summed E-state index contributed by atoms with van der Waals surface area (Å²) < 4.78 is 53.6. The molecule has 1 aliphatic rings. The summed E-state index contributed by atoms with van der Waals surface area (Å²) in [6.07, 6.45) is -6.02. The summed E-state index contributed by atoms with van der Waals surface area (Å²) in [5.74, 6) is -1.37. The molecule has 148 valence electrons. The molecular weight excluding hydrogens is 396 g/mol. The monoisotopic (exact) mass is 412 g/mol.